The van der Waals surface area contributed by atoms with E-state index in [0.29, 0.717) is 11.5 Å². The number of hydrogen-bond acceptors (Lipinski definition) is 4. The second-order valence-corrected chi connectivity index (χ2v) is 9.88. The topological polar surface area (TPSA) is 59.1 Å². The summed E-state index contributed by atoms with van der Waals surface area (Å²) < 4.78 is 11.8. The summed E-state index contributed by atoms with van der Waals surface area (Å²) in [6.45, 7) is 8.29. The van der Waals surface area contributed by atoms with E-state index >= 15 is 0 Å². The van der Waals surface area contributed by atoms with E-state index in [4.69, 9.17) is 9.47 Å². The SMILES string of the molecule is Cc1ccc(OCC(=O)N(CCN(C(=O)COc2ccc(C)cc2C)c2ccccc2)c2ccccc2)c(C)c1. The molecule has 0 aliphatic heterocycles. The van der Waals surface area contributed by atoms with E-state index in [1.807, 2.05) is 125 Å². The van der Waals surface area contributed by atoms with Crippen LogP contribution in [0.15, 0.2) is 97.1 Å². The maximum atomic E-state index is 13.5. The van der Waals surface area contributed by atoms with Crippen molar-refractivity contribution in [2.45, 2.75) is 27.7 Å². The molecule has 0 atom stereocenters. The van der Waals surface area contributed by atoms with Crippen LogP contribution in [-0.2, 0) is 9.59 Å². The molecular weight excluding hydrogens is 500 g/mol. The zero-order valence-electron chi connectivity index (χ0n) is 23.6. The van der Waals surface area contributed by atoms with Crippen molar-refractivity contribution in [3.63, 3.8) is 0 Å². The Balaban J connectivity index is 1.50. The van der Waals surface area contributed by atoms with Crippen LogP contribution in [0, 0.1) is 27.7 Å². The van der Waals surface area contributed by atoms with Gasteiger partial charge in [0.2, 0.25) is 0 Å². The van der Waals surface area contributed by atoms with Crippen LogP contribution in [-0.4, -0.2) is 38.1 Å². The summed E-state index contributed by atoms with van der Waals surface area (Å²) in [6, 6.07) is 30.6. The third kappa shape index (κ3) is 7.50. The molecule has 0 unspecified atom stereocenters. The summed E-state index contributed by atoms with van der Waals surface area (Å²) >= 11 is 0. The van der Waals surface area contributed by atoms with Crippen LogP contribution in [0.1, 0.15) is 22.3 Å². The molecule has 4 rings (SSSR count). The van der Waals surface area contributed by atoms with Gasteiger partial charge >= 0.3 is 0 Å². The monoisotopic (exact) mass is 536 g/mol. The lowest BCUT2D eigenvalue weighted by Crippen LogP contribution is -2.44. The summed E-state index contributed by atoms with van der Waals surface area (Å²) in [5.41, 5.74) is 5.70. The highest BCUT2D eigenvalue weighted by Gasteiger charge is 2.22. The Labute approximate surface area is 236 Å². The molecule has 0 heterocycles. The van der Waals surface area contributed by atoms with Gasteiger partial charge < -0.3 is 19.3 Å². The highest BCUT2D eigenvalue weighted by molar-refractivity contribution is 5.96. The third-order valence-electron chi connectivity index (χ3n) is 6.65. The van der Waals surface area contributed by atoms with Gasteiger partial charge in [-0.25, -0.2) is 0 Å². The molecule has 0 saturated carbocycles. The van der Waals surface area contributed by atoms with Crippen molar-refractivity contribution >= 4 is 23.2 Å². The van der Waals surface area contributed by atoms with Crippen molar-refractivity contribution in [1.82, 2.24) is 0 Å². The quantitative estimate of drug-likeness (QED) is 0.221. The van der Waals surface area contributed by atoms with Crippen molar-refractivity contribution < 1.29 is 19.1 Å². The first-order chi connectivity index (χ1) is 19.3. The molecule has 0 radical (unpaired) electrons. The molecule has 0 aliphatic carbocycles. The lowest BCUT2D eigenvalue weighted by atomic mass is 10.1. The summed E-state index contributed by atoms with van der Waals surface area (Å²) in [5, 5.41) is 0. The first kappa shape index (κ1) is 28.4. The zero-order valence-corrected chi connectivity index (χ0v) is 23.6. The Bertz CT molecular complexity index is 1330. The van der Waals surface area contributed by atoms with Crippen LogP contribution in [0.5, 0.6) is 11.5 Å². The molecule has 0 fully saturated rings. The number of aryl methyl sites for hydroxylation is 4. The van der Waals surface area contributed by atoms with E-state index in [2.05, 4.69) is 0 Å². The average molecular weight is 537 g/mol. The Morgan fingerprint density at radius 3 is 1.27 bits per heavy atom. The van der Waals surface area contributed by atoms with E-state index in [1.54, 1.807) is 9.80 Å². The van der Waals surface area contributed by atoms with E-state index < -0.39 is 0 Å². The van der Waals surface area contributed by atoms with E-state index in [9.17, 15) is 9.59 Å². The van der Waals surface area contributed by atoms with Gasteiger partial charge in [0.25, 0.3) is 11.8 Å². The predicted octanol–water partition coefficient (Wildman–Crippen LogP) is 6.44. The summed E-state index contributed by atoms with van der Waals surface area (Å²) in [5.74, 6) is 0.963. The fraction of sp³-hybridized carbons (Fsp3) is 0.235. The second kappa shape index (κ2) is 13.5. The van der Waals surface area contributed by atoms with Crippen molar-refractivity contribution in [1.29, 1.82) is 0 Å². The van der Waals surface area contributed by atoms with Crippen molar-refractivity contribution in [3.05, 3.63) is 119 Å². The molecule has 6 nitrogen and oxygen atoms in total. The minimum atomic E-state index is -0.196. The minimum Gasteiger partial charge on any atom is -0.483 e. The fourth-order valence-corrected chi connectivity index (χ4v) is 4.57. The third-order valence-corrected chi connectivity index (χ3v) is 6.65. The summed E-state index contributed by atoms with van der Waals surface area (Å²) in [7, 11) is 0. The van der Waals surface area contributed by atoms with E-state index in [0.717, 1.165) is 33.6 Å². The average Bonchev–Trinajstić information content (AvgIpc) is 2.95. The number of ether oxygens (including phenoxy) is 2. The highest BCUT2D eigenvalue weighted by Crippen LogP contribution is 2.22. The lowest BCUT2D eigenvalue weighted by Gasteiger charge is -2.28. The molecule has 0 aromatic heterocycles. The molecule has 6 heteroatoms. The van der Waals surface area contributed by atoms with Crippen LogP contribution in [0.2, 0.25) is 0 Å². The Kier molecular flexibility index (Phi) is 9.57. The first-order valence-corrected chi connectivity index (χ1v) is 13.4. The number of benzene rings is 4. The van der Waals surface area contributed by atoms with Crippen LogP contribution in [0.4, 0.5) is 11.4 Å². The van der Waals surface area contributed by atoms with Gasteiger partial charge in [0.1, 0.15) is 11.5 Å². The Morgan fingerprint density at radius 1 is 0.550 bits per heavy atom. The maximum Gasteiger partial charge on any atom is 0.264 e. The van der Waals surface area contributed by atoms with Gasteiger partial charge in [-0.05, 0) is 75.2 Å². The van der Waals surface area contributed by atoms with Gasteiger partial charge in [-0.1, -0.05) is 71.8 Å². The Hall–Kier alpha value is -4.58. The first-order valence-electron chi connectivity index (χ1n) is 13.4. The van der Waals surface area contributed by atoms with E-state index in [-0.39, 0.29) is 38.1 Å². The maximum absolute atomic E-state index is 13.5. The van der Waals surface area contributed by atoms with Crippen LogP contribution in [0.3, 0.4) is 0 Å². The standard InChI is InChI=1S/C34H36N2O4/c1-25-15-17-31(27(3)21-25)39-23-33(37)35(29-11-7-5-8-12-29)19-20-36(30-13-9-6-10-14-30)34(38)24-40-32-18-16-26(2)22-28(32)4/h5-18,21-22H,19-20,23-24H2,1-4H3. The smallest absolute Gasteiger partial charge is 0.264 e. The predicted molar refractivity (Wildman–Crippen MR) is 160 cm³/mol. The summed E-state index contributed by atoms with van der Waals surface area (Å²) in [6.07, 6.45) is 0. The molecule has 2 amide bonds. The molecule has 0 aliphatic rings. The Morgan fingerprint density at radius 2 is 0.925 bits per heavy atom. The van der Waals surface area contributed by atoms with Gasteiger partial charge in [-0.15, -0.1) is 0 Å². The molecular formula is C34H36N2O4. The van der Waals surface area contributed by atoms with Gasteiger partial charge in [-0.2, -0.15) is 0 Å². The van der Waals surface area contributed by atoms with Crippen molar-refractivity contribution in [3.8, 4) is 11.5 Å². The van der Waals surface area contributed by atoms with E-state index in [1.165, 1.54) is 0 Å². The normalized spacial score (nSPS) is 10.6. The molecule has 0 spiro atoms. The number of hydrogen-bond donors (Lipinski definition) is 0. The summed E-state index contributed by atoms with van der Waals surface area (Å²) in [4.78, 5) is 30.3. The van der Waals surface area contributed by atoms with Gasteiger partial charge in [0, 0.05) is 24.5 Å². The van der Waals surface area contributed by atoms with Crippen LogP contribution >= 0.6 is 0 Å². The number of carbonyl (C=O) groups excluding carboxylic acids is 2. The van der Waals surface area contributed by atoms with Gasteiger partial charge in [-0.3, -0.25) is 9.59 Å². The molecule has 0 bridgehead atoms. The molecule has 206 valence electrons. The molecule has 0 N–H and O–H groups in total. The van der Waals surface area contributed by atoms with Crippen molar-refractivity contribution in [2.75, 3.05) is 36.1 Å². The zero-order chi connectivity index (χ0) is 28.5. The number of amides is 2. The van der Waals surface area contributed by atoms with Crippen LogP contribution < -0.4 is 19.3 Å². The fourth-order valence-electron chi connectivity index (χ4n) is 4.57. The minimum absolute atomic E-state index is 0.117. The molecule has 4 aromatic carbocycles. The molecule has 0 saturated heterocycles. The molecule has 40 heavy (non-hydrogen) atoms. The molecule has 4 aromatic rings. The number of nitrogens with zero attached hydrogens (tertiary/aromatic N) is 2. The number of carbonyl (C=O) groups is 2. The van der Waals surface area contributed by atoms with Gasteiger partial charge in [0.05, 0.1) is 0 Å². The van der Waals surface area contributed by atoms with Gasteiger partial charge in [0.15, 0.2) is 13.2 Å². The number of anilines is 2. The van der Waals surface area contributed by atoms with Crippen molar-refractivity contribution in [2.24, 2.45) is 0 Å². The second-order valence-electron chi connectivity index (χ2n) is 9.88. The lowest BCUT2D eigenvalue weighted by molar-refractivity contribution is -0.122. The number of para-hydroxylation sites is 2. The largest absolute Gasteiger partial charge is 0.483 e. The highest BCUT2D eigenvalue weighted by atomic mass is 16.5. The van der Waals surface area contributed by atoms with Crippen LogP contribution in [0.25, 0.3) is 0 Å². The number of rotatable bonds is 11.